The second kappa shape index (κ2) is 6.31. The lowest BCUT2D eigenvalue weighted by atomic mass is 10.1. The van der Waals surface area contributed by atoms with Crippen molar-refractivity contribution >= 4 is 17.8 Å². The molecular formula is C16H22F3N5O3. The minimum absolute atomic E-state index is 0.0892. The van der Waals surface area contributed by atoms with Gasteiger partial charge >= 0.3 is 18.3 Å². The molecular weight excluding hydrogens is 367 g/mol. The van der Waals surface area contributed by atoms with Gasteiger partial charge in [-0.15, -0.1) is 0 Å². The van der Waals surface area contributed by atoms with E-state index in [4.69, 9.17) is 4.74 Å². The number of alkyl halides is 3. The number of amides is 3. The van der Waals surface area contributed by atoms with E-state index < -0.39 is 36.5 Å². The van der Waals surface area contributed by atoms with E-state index in [2.05, 4.69) is 5.10 Å². The fourth-order valence-electron chi connectivity index (χ4n) is 3.11. The van der Waals surface area contributed by atoms with Crippen LogP contribution in [0, 0.1) is 0 Å². The zero-order valence-electron chi connectivity index (χ0n) is 15.5. The quantitative estimate of drug-likeness (QED) is 0.800. The van der Waals surface area contributed by atoms with E-state index in [-0.39, 0.29) is 18.3 Å². The van der Waals surface area contributed by atoms with Crippen molar-refractivity contribution in [3.8, 4) is 0 Å². The summed E-state index contributed by atoms with van der Waals surface area (Å²) in [7, 11) is 0. The van der Waals surface area contributed by atoms with Crippen molar-refractivity contribution in [2.75, 3.05) is 11.4 Å². The van der Waals surface area contributed by atoms with Crippen LogP contribution in [0.15, 0.2) is 6.20 Å². The summed E-state index contributed by atoms with van der Waals surface area (Å²) in [5, 5.41) is 6.11. The standard InChI is InChI=1S/C16H22F3N5O3/c1-9-6-24-11(7-22(9)14(26)27-15(2,3)4)10(5-20-24)23-8-12(16(17,18)19)21-13(23)25/h5,9,12H,6-8H2,1-4H3,(H,21,25)/t9-,12-/m0/s1. The van der Waals surface area contributed by atoms with E-state index in [0.717, 1.165) is 4.90 Å². The number of anilines is 1. The molecule has 0 aliphatic carbocycles. The highest BCUT2D eigenvalue weighted by atomic mass is 19.4. The Bertz CT molecular complexity index is 755. The zero-order valence-corrected chi connectivity index (χ0v) is 15.5. The van der Waals surface area contributed by atoms with E-state index in [1.165, 1.54) is 11.1 Å². The number of fused-ring (bicyclic) bond motifs is 1. The second-order valence-corrected chi connectivity index (χ2v) is 7.77. The molecule has 8 nitrogen and oxygen atoms in total. The number of ether oxygens (including phenoxy) is 1. The van der Waals surface area contributed by atoms with Gasteiger partial charge in [-0.3, -0.25) is 14.5 Å². The van der Waals surface area contributed by atoms with Gasteiger partial charge in [0.15, 0.2) is 0 Å². The lowest BCUT2D eigenvalue weighted by Crippen LogP contribution is -2.47. The molecule has 1 fully saturated rings. The van der Waals surface area contributed by atoms with Gasteiger partial charge in [-0.2, -0.15) is 18.3 Å². The summed E-state index contributed by atoms with van der Waals surface area (Å²) >= 11 is 0. The molecule has 0 saturated carbocycles. The van der Waals surface area contributed by atoms with Crippen LogP contribution in [0.2, 0.25) is 0 Å². The molecule has 2 atom stereocenters. The van der Waals surface area contributed by atoms with E-state index in [0.29, 0.717) is 12.2 Å². The number of urea groups is 1. The van der Waals surface area contributed by atoms with Crippen LogP contribution in [0.3, 0.4) is 0 Å². The molecule has 2 aliphatic heterocycles. The average Bonchev–Trinajstić information content (AvgIpc) is 3.07. The third-order valence-corrected chi connectivity index (χ3v) is 4.44. The van der Waals surface area contributed by atoms with E-state index in [1.807, 2.05) is 12.2 Å². The maximum absolute atomic E-state index is 12.9. The minimum atomic E-state index is -4.53. The van der Waals surface area contributed by atoms with Crippen molar-refractivity contribution < 1.29 is 27.5 Å². The molecule has 1 N–H and O–H groups in total. The van der Waals surface area contributed by atoms with Crippen LogP contribution in [0.4, 0.5) is 28.4 Å². The molecule has 1 aromatic heterocycles. The number of aromatic nitrogens is 2. The van der Waals surface area contributed by atoms with Gasteiger partial charge in [0.25, 0.3) is 0 Å². The third kappa shape index (κ3) is 3.81. The van der Waals surface area contributed by atoms with Gasteiger partial charge in [0.05, 0.1) is 43.3 Å². The number of hydrogen-bond acceptors (Lipinski definition) is 4. The lowest BCUT2D eigenvalue weighted by molar-refractivity contribution is -0.147. The van der Waals surface area contributed by atoms with Crippen LogP contribution in [0.1, 0.15) is 33.4 Å². The first-order valence-electron chi connectivity index (χ1n) is 8.56. The fraction of sp³-hybridized carbons (Fsp3) is 0.688. The zero-order chi connectivity index (χ0) is 20.1. The Labute approximate surface area is 154 Å². The lowest BCUT2D eigenvalue weighted by Gasteiger charge is -2.35. The first-order chi connectivity index (χ1) is 12.4. The Morgan fingerprint density at radius 1 is 1.30 bits per heavy atom. The number of carbonyl (C=O) groups excluding carboxylic acids is 2. The maximum atomic E-state index is 12.9. The number of nitrogens with one attached hydrogen (secondary N) is 1. The molecule has 0 radical (unpaired) electrons. The van der Waals surface area contributed by atoms with Crippen LogP contribution >= 0.6 is 0 Å². The van der Waals surface area contributed by atoms with Crippen LogP contribution < -0.4 is 10.2 Å². The Kier molecular flexibility index (Phi) is 4.51. The van der Waals surface area contributed by atoms with Gasteiger partial charge in [0, 0.05) is 0 Å². The molecule has 11 heteroatoms. The predicted molar refractivity (Wildman–Crippen MR) is 89.2 cm³/mol. The van der Waals surface area contributed by atoms with Crippen LogP contribution in [0.5, 0.6) is 0 Å². The number of rotatable bonds is 1. The highest BCUT2D eigenvalue weighted by Gasteiger charge is 2.48. The van der Waals surface area contributed by atoms with Gasteiger partial charge in [-0.05, 0) is 27.7 Å². The normalized spacial score (nSPS) is 23.3. The van der Waals surface area contributed by atoms with Gasteiger partial charge in [-0.1, -0.05) is 0 Å². The molecule has 1 aromatic rings. The Hall–Kier alpha value is -2.46. The van der Waals surface area contributed by atoms with Gasteiger partial charge in [-0.25, -0.2) is 9.59 Å². The maximum Gasteiger partial charge on any atom is 0.410 e. The third-order valence-electron chi connectivity index (χ3n) is 4.44. The Morgan fingerprint density at radius 2 is 1.96 bits per heavy atom. The first-order valence-corrected chi connectivity index (χ1v) is 8.56. The smallest absolute Gasteiger partial charge is 0.410 e. The second-order valence-electron chi connectivity index (χ2n) is 7.77. The van der Waals surface area contributed by atoms with Crippen molar-refractivity contribution in [2.45, 2.75) is 64.6 Å². The van der Waals surface area contributed by atoms with E-state index in [9.17, 15) is 22.8 Å². The first kappa shape index (κ1) is 19.3. The van der Waals surface area contributed by atoms with Gasteiger partial charge in [0.2, 0.25) is 0 Å². The molecule has 0 bridgehead atoms. The van der Waals surface area contributed by atoms with Gasteiger partial charge in [0.1, 0.15) is 11.6 Å². The fourth-order valence-corrected chi connectivity index (χ4v) is 3.11. The Balaban J connectivity index is 1.84. The average molecular weight is 389 g/mol. The highest BCUT2D eigenvalue weighted by molar-refractivity contribution is 5.95. The number of hydrogen-bond donors (Lipinski definition) is 1. The summed E-state index contributed by atoms with van der Waals surface area (Å²) in [5.74, 6) is 0. The van der Waals surface area contributed by atoms with E-state index in [1.54, 1.807) is 25.5 Å². The molecule has 0 spiro atoms. The summed E-state index contributed by atoms with van der Waals surface area (Å²) in [6.45, 7) is 6.99. The molecule has 3 rings (SSSR count). The molecule has 27 heavy (non-hydrogen) atoms. The summed E-state index contributed by atoms with van der Waals surface area (Å²) in [5.41, 5.74) is 0.0863. The van der Waals surface area contributed by atoms with E-state index >= 15 is 0 Å². The molecule has 2 aliphatic rings. The molecule has 3 heterocycles. The molecule has 1 saturated heterocycles. The van der Waals surface area contributed by atoms with Crippen molar-refractivity contribution in [2.24, 2.45) is 0 Å². The van der Waals surface area contributed by atoms with Crippen molar-refractivity contribution in [3.63, 3.8) is 0 Å². The summed E-state index contributed by atoms with van der Waals surface area (Å²) in [6.07, 6.45) is -3.69. The number of nitrogens with zero attached hydrogens (tertiary/aromatic N) is 4. The summed E-state index contributed by atoms with van der Waals surface area (Å²) in [6, 6.07) is -2.99. The van der Waals surface area contributed by atoms with Crippen molar-refractivity contribution in [1.82, 2.24) is 20.0 Å². The molecule has 0 aromatic carbocycles. The SMILES string of the molecule is C[C@H]1Cn2ncc(N3C[C@@H](C(F)(F)F)NC3=O)c2CN1C(=O)OC(C)(C)C. The van der Waals surface area contributed by atoms with Crippen LogP contribution in [-0.4, -0.2) is 57.2 Å². The topological polar surface area (TPSA) is 79.7 Å². The molecule has 3 amide bonds. The Morgan fingerprint density at radius 3 is 2.52 bits per heavy atom. The van der Waals surface area contributed by atoms with Gasteiger partial charge < -0.3 is 10.1 Å². The van der Waals surface area contributed by atoms with Crippen molar-refractivity contribution in [3.05, 3.63) is 11.9 Å². The predicted octanol–water partition coefficient (Wildman–Crippen LogP) is 2.48. The summed E-state index contributed by atoms with van der Waals surface area (Å²) in [4.78, 5) is 27.0. The highest BCUT2D eigenvalue weighted by Crippen LogP contribution is 2.32. The van der Waals surface area contributed by atoms with Crippen molar-refractivity contribution in [1.29, 1.82) is 0 Å². The van der Waals surface area contributed by atoms with Crippen LogP contribution in [-0.2, 0) is 17.8 Å². The summed E-state index contributed by atoms with van der Waals surface area (Å²) < 4.78 is 45.8. The molecule has 150 valence electrons. The molecule has 0 unspecified atom stereocenters. The minimum Gasteiger partial charge on any atom is -0.444 e. The largest absolute Gasteiger partial charge is 0.444 e. The number of carbonyl (C=O) groups is 2. The number of halogens is 3. The monoisotopic (exact) mass is 389 g/mol. The van der Waals surface area contributed by atoms with Crippen LogP contribution in [0.25, 0.3) is 0 Å².